The Kier molecular flexibility index (Phi) is 4.86. The molecular formula is C11H16O3. The molecule has 0 radical (unpaired) electrons. The van der Waals surface area contributed by atoms with Crippen LogP contribution >= 0.6 is 0 Å². The zero-order chi connectivity index (χ0) is 10.2. The van der Waals surface area contributed by atoms with Crippen molar-refractivity contribution < 1.29 is 14.6 Å². The Labute approximate surface area is 84.3 Å². The van der Waals surface area contributed by atoms with E-state index in [-0.39, 0.29) is 6.61 Å². The number of rotatable bonds is 6. The third kappa shape index (κ3) is 3.66. The Morgan fingerprint density at radius 2 is 2.00 bits per heavy atom. The van der Waals surface area contributed by atoms with E-state index in [1.807, 2.05) is 24.3 Å². The van der Waals surface area contributed by atoms with Crippen molar-refractivity contribution in [2.24, 2.45) is 0 Å². The largest absolute Gasteiger partial charge is 0.497 e. The second-order valence-corrected chi connectivity index (χ2v) is 2.96. The van der Waals surface area contributed by atoms with Crippen LogP contribution in [0.1, 0.15) is 12.8 Å². The first-order chi connectivity index (χ1) is 6.86. The van der Waals surface area contributed by atoms with Crippen molar-refractivity contribution in [3.05, 3.63) is 24.3 Å². The van der Waals surface area contributed by atoms with Crippen LogP contribution in [0.2, 0.25) is 0 Å². The van der Waals surface area contributed by atoms with Gasteiger partial charge in [0, 0.05) is 12.7 Å². The van der Waals surface area contributed by atoms with Gasteiger partial charge in [-0.25, -0.2) is 0 Å². The molecule has 0 atom stereocenters. The van der Waals surface area contributed by atoms with Crippen molar-refractivity contribution in [2.45, 2.75) is 12.8 Å². The summed E-state index contributed by atoms with van der Waals surface area (Å²) in [6.45, 7) is 0.856. The minimum Gasteiger partial charge on any atom is -0.497 e. The standard InChI is InChI=1S/C11H16O3/c1-13-10-5-4-6-11(9-10)14-8-3-2-7-12/h4-6,9,12H,2-3,7-8H2,1H3. The second kappa shape index (κ2) is 6.27. The summed E-state index contributed by atoms with van der Waals surface area (Å²) in [5, 5.41) is 8.57. The molecule has 78 valence electrons. The van der Waals surface area contributed by atoms with Gasteiger partial charge < -0.3 is 14.6 Å². The van der Waals surface area contributed by atoms with E-state index < -0.39 is 0 Å². The molecular weight excluding hydrogens is 180 g/mol. The van der Waals surface area contributed by atoms with Crippen LogP contribution < -0.4 is 9.47 Å². The van der Waals surface area contributed by atoms with Gasteiger partial charge in [-0.3, -0.25) is 0 Å². The lowest BCUT2D eigenvalue weighted by molar-refractivity contribution is 0.252. The Balaban J connectivity index is 2.34. The molecule has 1 N–H and O–H groups in total. The lowest BCUT2D eigenvalue weighted by Gasteiger charge is -2.06. The van der Waals surface area contributed by atoms with Crippen LogP contribution in [0.15, 0.2) is 24.3 Å². The predicted octanol–water partition coefficient (Wildman–Crippen LogP) is 1.85. The molecule has 0 aliphatic rings. The fourth-order valence-electron chi connectivity index (χ4n) is 1.09. The van der Waals surface area contributed by atoms with E-state index in [1.165, 1.54) is 0 Å². The minimum atomic E-state index is 0.224. The van der Waals surface area contributed by atoms with Gasteiger partial charge >= 0.3 is 0 Å². The highest BCUT2D eigenvalue weighted by Gasteiger charge is 1.95. The van der Waals surface area contributed by atoms with E-state index >= 15 is 0 Å². The van der Waals surface area contributed by atoms with E-state index in [9.17, 15) is 0 Å². The molecule has 1 aromatic carbocycles. The van der Waals surface area contributed by atoms with E-state index in [4.69, 9.17) is 14.6 Å². The third-order valence-corrected chi connectivity index (χ3v) is 1.86. The SMILES string of the molecule is COc1cccc(OCCCCO)c1. The highest BCUT2D eigenvalue weighted by Crippen LogP contribution is 2.18. The number of ether oxygens (including phenoxy) is 2. The third-order valence-electron chi connectivity index (χ3n) is 1.86. The molecule has 0 saturated carbocycles. The molecule has 1 rings (SSSR count). The van der Waals surface area contributed by atoms with Gasteiger partial charge in [0.15, 0.2) is 0 Å². The van der Waals surface area contributed by atoms with Crippen LogP contribution in [0.25, 0.3) is 0 Å². The molecule has 1 aromatic rings. The smallest absolute Gasteiger partial charge is 0.122 e. The van der Waals surface area contributed by atoms with Crippen LogP contribution in [0.3, 0.4) is 0 Å². The number of unbranched alkanes of at least 4 members (excludes halogenated alkanes) is 1. The molecule has 3 nitrogen and oxygen atoms in total. The summed E-state index contributed by atoms with van der Waals surface area (Å²) >= 11 is 0. The summed E-state index contributed by atoms with van der Waals surface area (Å²) in [5.74, 6) is 1.60. The molecule has 0 saturated heterocycles. The fourth-order valence-corrected chi connectivity index (χ4v) is 1.09. The zero-order valence-electron chi connectivity index (χ0n) is 8.40. The van der Waals surface area contributed by atoms with Crippen LogP contribution in [0, 0.1) is 0 Å². The maximum atomic E-state index is 8.57. The van der Waals surface area contributed by atoms with Gasteiger partial charge in [-0.1, -0.05) is 6.07 Å². The van der Waals surface area contributed by atoms with Gasteiger partial charge in [0.05, 0.1) is 13.7 Å². The van der Waals surface area contributed by atoms with Crippen molar-refractivity contribution in [1.29, 1.82) is 0 Å². The molecule has 0 amide bonds. The van der Waals surface area contributed by atoms with E-state index in [1.54, 1.807) is 7.11 Å². The molecule has 3 heteroatoms. The maximum Gasteiger partial charge on any atom is 0.122 e. The minimum absolute atomic E-state index is 0.224. The van der Waals surface area contributed by atoms with Crippen molar-refractivity contribution in [3.8, 4) is 11.5 Å². The van der Waals surface area contributed by atoms with Crippen LogP contribution in [0.5, 0.6) is 11.5 Å². The lowest BCUT2D eigenvalue weighted by Crippen LogP contribution is -1.98. The van der Waals surface area contributed by atoms with Gasteiger partial charge in [0.2, 0.25) is 0 Å². The average molecular weight is 196 g/mol. The summed E-state index contributed by atoms with van der Waals surface area (Å²) in [7, 11) is 1.63. The van der Waals surface area contributed by atoms with Crippen molar-refractivity contribution >= 4 is 0 Å². The van der Waals surface area contributed by atoms with E-state index in [2.05, 4.69) is 0 Å². The Hall–Kier alpha value is -1.22. The summed E-state index contributed by atoms with van der Waals surface area (Å²) in [5.41, 5.74) is 0. The van der Waals surface area contributed by atoms with E-state index in [0.717, 1.165) is 24.3 Å². The van der Waals surface area contributed by atoms with Gasteiger partial charge in [0.25, 0.3) is 0 Å². The number of hydrogen-bond acceptors (Lipinski definition) is 3. The molecule has 0 aromatic heterocycles. The lowest BCUT2D eigenvalue weighted by atomic mass is 10.3. The normalized spacial score (nSPS) is 9.86. The number of aliphatic hydroxyl groups is 1. The molecule has 0 aliphatic carbocycles. The molecule has 0 spiro atoms. The monoisotopic (exact) mass is 196 g/mol. The topological polar surface area (TPSA) is 38.7 Å². The van der Waals surface area contributed by atoms with Crippen molar-refractivity contribution in [2.75, 3.05) is 20.3 Å². The van der Waals surface area contributed by atoms with Crippen LogP contribution in [-0.2, 0) is 0 Å². The Bertz CT molecular complexity index is 260. The maximum absolute atomic E-state index is 8.57. The highest BCUT2D eigenvalue weighted by molar-refractivity contribution is 5.32. The molecule has 0 unspecified atom stereocenters. The Morgan fingerprint density at radius 3 is 2.71 bits per heavy atom. The first-order valence-corrected chi connectivity index (χ1v) is 4.74. The summed E-state index contributed by atoms with van der Waals surface area (Å²) in [4.78, 5) is 0. The van der Waals surface area contributed by atoms with E-state index in [0.29, 0.717) is 6.61 Å². The molecule has 0 fully saturated rings. The van der Waals surface area contributed by atoms with Crippen LogP contribution in [-0.4, -0.2) is 25.4 Å². The van der Waals surface area contributed by atoms with Crippen LogP contribution in [0.4, 0.5) is 0 Å². The average Bonchev–Trinajstić information content (AvgIpc) is 2.25. The number of hydrogen-bond donors (Lipinski definition) is 1. The van der Waals surface area contributed by atoms with Gasteiger partial charge in [-0.15, -0.1) is 0 Å². The first-order valence-electron chi connectivity index (χ1n) is 4.74. The van der Waals surface area contributed by atoms with Gasteiger partial charge in [-0.2, -0.15) is 0 Å². The number of benzene rings is 1. The van der Waals surface area contributed by atoms with Crippen molar-refractivity contribution in [1.82, 2.24) is 0 Å². The molecule has 0 bridgehead atoms. The fraction of sp³-hybridized carbons (Fsp3) is 0.455. The summed E-state index contributed by atoms with van der Waals surface area (Å²) in [6.07, 6.45) is 1.65. The van der Waals surface area contributed by atoms with Gasteiger partial charge in [0.1, 0.15) is 11.5 Å². The zero-order valence-corrected chi connectivity index (χ0v) is 8.40. The number of aliphatic hydroxyl groups excluding tert-OH is 1. The molecule has 0 heterocycles. The van der Waals surface area contributed by atoms with Gasteiger partial charge in [-0.05, 0) is 25.0 Å². The quantitative estimate of drug-likeness (QED) is 0.706. The Morgan fingerprint density at radius 1 is 1.21 bits per heavy atom. The predicted molar refractivity (Wildman–Crippen MR) is 54.8 cm³/mol. The molecule has 0 aliphatic heterocycles. The summed E-state index contributed by atoms with van der Waals surface area (Å²) in [6, 6.07) is 7.50. The highest BCUT2D eigenvalue weighted by atomic mass is 16.5. The number of methoxy groups -OCH3 is 1. The van der Waals surface area contributed by atoms with Crippen molar-refractivity contribution in [3.63, 3.8) is 0 Å². The first kappa shape index (κ1) is 10.9. The molecule has 14 heavy (non-hydrogen) atoms. The second-order valence-electron chi connectivity index (χ2n) is 2.96. The summed E-state index contributed by atoms with van der Waals surface area (Å²) < 4.78 is 10.5.